The Hall–Kier alpha value is -1.39. The van der Waals surface area contributed by atoms with Crippen molar-refractivity contribution in [2.24, 2.45) is 0 Å². The minimum absolute atomic E-state index is 0.487. The maximum Gasteiger partial charge on any atom is 0.122 e. The Bertz CT molecular complexity index is 498. The summed E-state index contributed by atoms with van der Waals surface area (Å²) in [5.41, 5.74) is 12.4. The fraction of sp³-hybridized carbons (Fsp3) is 0.0909. The predicted molar refractivity (Wildman–Crippen MR) is 68.9 cm³/mol. The van der Waals surface area contributed by atoms with Gasteiger partial charge in [-0.25, -0.2) is 0 Å². The highest BCUT2D eigenvalue weighted by Crippen LogP contribution is 2.25. The Labute approximate surface area is 103 Å². The van der Waals surface area contributed by atoms with Gasteiger partial charge in [0.05, 0.1) is 15.7 Å². The lowest BCUT2D eigenvalue weighted by Gasteiger charge is -2.06. The summed E-state index contributed by atoms with van der Waals surface area (Å²) >= 11 is 7.31. The molecule has 1 heterocycles. The Morgan fingerprint density at radius 1 is 1.12 bits per heavy atom. The van der Waals surface area contributed by atoms with Crippen molar-refractivity contribution >= 4 is 34.3 Å². The normalized spacial score (nSPS) is 10.3. The average Bonchev–Trinajstić information content (AvgIpc) is 2.66. The number of nitrogen functional groups attached to an aromatic ring is 2. The van der Waals surface area contributed by atoms with Crippen LogP contribution in [0, 0.1) is 0 Å². The number of halogens is 1. The van der Waals surface area contributed by atoms with E-state index in [2.05, 4.69) is 0 Å². The van der Waals surface area contributed by atoms with Crippen molar-refractivity contribution < 1.29 is 4.74 Å². The van der Waals surface area contributed by atoms with Gasteiger partial charge in [0, 0.05) is 10.9 Å². The number of benzene rings is 1. The van der Waals surface area contributed by atoms with E-state index >= 15 is 0 Å². The fourth-order valence-corrected chi connectivity index (χ4v) is 2.23. The zero-order chi connectivity index (χ0) is 11.5. The minimum atomic E-state index is 0.487. The lowest BCUT2D eigenvalue weighted by molar-refractivity contribution is 0.310. The third-order valence-electron chi connectivity index (χ3n) is 2.07. The summed E-state index contributed by atoms with van der Waals surface area (Å²) in [6.45, 7) is 0.487. The van der Waals surface area contributed by atoms with Gasteiger partial charge in [-0.1, -0.05) is 11.6 Å². The minimum Gasteiger partial charge on any atom is -0.488 e. The number of ether oxygens (including phenoxy) is 1. The van der Waals surface area contributed by atoms with Gasteiger partial charge in [-0.3, -0.25) is 0 Å². The highest BCUT2D eigenvalue weighted by molar-refractivity contribution is 7.16. The molecule has 2 rings (SSSR count). The van der Waals surface area contributed by atoms with E-state index in [0.29, 0.717) is 23.7 Å². The topological polar surface area (TPSA) is 61.3 Å². The smallest absolute Gasteiger partial charge is 0.122 e. The van der Waals surface area contributed by atoms with Crippen molar-refractivity contribution in [3.8, 4) is 5.75 Å². The maximum absolute atomic E-state index is 5.81. The zero-order valence-electron chi connectivity index (χ0n) is 8.44. The molecule has 0 spiro atoms. The first kappa shape index (κ1) is 11.1. The molecule has 2 aromatic rings. The van der Waals surface area contributed by atoms with Crippen LogP contribution in [0.3, 0.4) is 0 Å². The van der Waals surface area contributed by atoms with Crippen molar-refractivity contribution in [1.82, 2.24) is 0 Å². The molecule has 0 aliphatic carbocycles. The quantitative estimate of drug-likeness (QED) is 0.828. The molecule has 1 aromatic heterocycles. The van der Waals surface area contributed by atoms with Crippen molar-refractivity contribution in [2.45, 2.75) is 6.61 Å². The highest BCUT2D eigenvalue weighted by Gasteiger charge is 2.01. The molecule has 0 aliphatic rings. The number of anilines is 2. The van der Waals surface area contributed by atoms with Gasteiger partial charge in [0.15, 0.2) is 0 Å². The van der Waals surface area contributed by atoms with E-state index in [1.165, 1.54) is 11.3 Å². The van der Waals surface area contributed by atoms with Crippen LogP contribution in [0.25, 0.3) is 0 Å². The van der Waals surface area contributed by atoms with Gasteiger partial charge < -0.3 is 16.2 Å². The summed E-state index contributed by atoms with van der Waals surface area (Å²) in [5, 5.41) is 0. The van der Waals surface area contributed by atoms with Gasteiger partial charge in [-0.2, -0.15) is 0 Å². The summed E-state index contributed by atoms with van der Waals surface area (Å²) in [4.78, 5) is 1.07. The zero-order valence-corrected chi connectivity index (χ0v) is 10.0. The molecule has 16 heavy (non-hydrogen) atoms. The van der Waals surface area contributed by atoms with E-state index in [1.54, 1.807) is 18.2 Å². The molecule has 3 nitrogen and oxygen atoms in total. The van der Waals surface area contributed by atoms with Gasteiger partial charge >= 0.3 is 0 Å². The molecule has 0 amide bonds. The van der Waals surface area contributed by atoms with E-state index in [1.807, 2.05) is 12.1 Å². The van der Waals surface area contributed by atoms with E-state index in [-0.39, 0.29) is 0 Å². The maximum atomic E-state index is 5.81. The largest absolute Gasteiger partial charge is 0.488 e. The summed E-state index contributed by atoms with van der Waals surface area (Å²) in [6, 6.07) is 9.02. The van der Waals surface area contributed by atoms with Crippen molar-refractivity contribution in [1.29, 1.82) is 0 Å². The molecule has 4 N–H and O–H groups in total. The number of nitrogens with two attached hydrogens (primary N) is 2. The molecule has 0 unspecified atom stereocenters. The van der Waals surface area contributed by atoms with Crippen LogP contribution in [0.5, 0.6) is 5.75 Å². The van der Waals surface area contributed by atoms with E-state index in [9.17, 15) is 0 Å². The molecule has 5 heteroatoms. The summed E-state index contributed by atoms with van der Waals surface area (Å²) in [5.74, 6) is 0.705. The van der Waals surface area contributed by atoms with Crippen LogP contribution in [0.1, 0.15) is 4.88 Å². The van der Waals surface area contributed by atoms with Crippen LogP contribution in [0.4, 0.5) is 11.4 Å². The number of hydrogen-bond donors (Lipinski definition) is 2. The highest BCUT2D eigenvalue weighted by atomic mass is 35.5. The molecular formula is C11H11ClN2OS. The van der Waals surface area contributed by atoms with Gasteiger partial charge in [-0.05, 0) is 24.3 Å². The third kappa shape index (κ3) is 2.59. The van der Waals surface area contributed by atoms with Gasteiger partial charge in [0.2, 0.25) is 0 Å². The Kier molecular flexibility index (Phi) is 3.22. The summed E-state index contributed by atoms with van der Waals surface area (Å²) in [7, 11) is 0. The molecule has 0 bridgehead atoms. The Morgan fingerprint density at radius 2 is 1.94 bits per heavy atom. The molecule has 0 fully saturated rings. The second-order valence-corrected chi connectivity index (χ2v) is 5.08. The number of hydrogen-bond acceptors (Lipinski definition) is 4. The first-order valence-corrected chi connectivity index (χ1v) is 5.86. The van der Waals surface area contributed by atoms with Gasteiger partial charge in [0.1, 0.15) is 12.4 Å². The lowest BCUT2D eigenvalue weighted by Crippen LogP contribution is -1.97. The number of thiophene rings is 1. The van der Waals surface area contributed by atoms with Crippen molar-refractivity contribution in [3.63, 3.8) is 0 Å². The summed E-state index contributed by atoms with van der Waals surface area (Å²) in [6.07, 6.45) is 0. The fourth-order valence-electron chi connectivity index (χ4n) is 1.23. The molecule has 0 saturated heterocycles. The van der Waals surface area contributed by atoms with Gasteiger partial charge in [-0.15, -0.1) is 11.3 Å². The molecule has 1 aromatic carbocycles. The summed E-state index contributed by atoms with van der Waals surface area (Å²) < 4.78 is 6.32. The standard InChI is InChI=1S/C11H11ClN2OS/c12-11-4-2-8(16-11)6-15-7-1-3-9(13)10(14)5-7/h1-5H,6,13-14H2. The van der Waals surface area contributed by atoms with Crippen LogP contribution >= 0.6 is 22.9 Å². The first-order valence-electron chi connectivity index (χ1n) is 4.67. The Balaban J connectivity index is 2.02. The number of rotatable bonds is 3. The molecule has 0 atom stereocenters. The second-order valence-electron chi connectivity index (χ2n) is 3.29. The molecule has 84 valence electrons. The molecular weight excluding hydrogens is 244 g/mol. The molecule has 0 radical (unpaired) electrons. The average molecular weight is 255 g/mol. The second kappa shape index (κ2) is 4.63. The van der Waals surface area contributed by atoms with Crippen LogP contribution < -0.4 is 16.2 Å². The Morgan fingerprint density at radius 3 is 2.56 bits per heavy atom. The van der Waals surface area contributed by atoms with E-state index in [4.69, 9.17) is 27.8 Å². The van der Waals surface area contributed by atoms with E-state index in [0.717, 1.165) is 9.21 Å². The van der Waals surface area contributed by atoms with E-state index < -0.39 is 0 Å². The first-order chi connectivity index (χ1) is 7.65. The van der Waals surface area contributed by atoms with Crippen LogP contribution in [-0.2, 0) is 6.61 Å². The van der Waals surface area contributed by atoms with Crippen LogP contribution in [0.15, 0.2) is 30.3 Å². The predicted octanol–water partition coefficient (Wildman–Crippen LogP) is 3.14. The van der Waals surface area contributed by atoms with Crippen LogP contribution in [0.2, 0.25) is 4.34 Å². The molecule has 0 saturated carbocycles. The van der Waals surface area contributed by atoms with Crippen LogP contribution in [-0.4, -0.2) is 0 Å². The third-order valence-corrected chi connectivity index (χ3v) is 3.27. The van der Waals surface area contributed by atoms with Crippen molar-refractivity contribution in [2.75, 3.05) is 11.5 Å². The van der Waals surface area contributed by atoms with Gasteiger partial charge in [0.25, 0.3) is 0 Å². The monoisotopic (exact) mass is 254 g/mol. The molecule has 0 aliphatic heterocycles. The SMILES string of the molecule is Nc1ccc(OCc2ccc(Cl)s2)cc1N. The lowest BCUT2D eigenvalue weighted by atomic mass is 10.2. The van der Waals surface area contributed by atoms with Crippen molar-refractivity contribution in [3.05, 3.63) is 39.5 Å².